The maximum absolute atomic E-state index is 13.1. The zero-order chi connectivity index (χ0) is 20.1. The molecule has 1 aromatic heterocycles. The van der Waals surface area contributed by atoms with E-state index in [-0.39, 0.29) is 17.2 Å². The van der Waals surface area contributed by atoms with Gasteiger partial charge in [0.05, 0.1) is 13.2 Å². The first-order valence-electron chi connectivity index (χ1n) is 10.1. The highest BCUT2D eigenvalue weighted by Gasteiger charge is 2.29. The summed E-state index contributed by atoms with van der Waals surface area (Å²) in [5.74, 6) is 0.270. The molecule has 0 spiro atoms. The van der Waals surface area contributed by atoms with Crippen molar-refractivity contribution in [1.82, 2.24) is 10.2 Å². The van der Waals surface area contributed by atoms with Crippen molar-refractivity contribution >= 4 is 22.4 Å². The van der Waals surface area contributed by atoms with Crippen molar-refractivity contribution in [3.8, 4) is 10.6 Å². The van der Waals surface area contributed by atoms with Gasteiger partial charge in [-0.3, -0.25) is 9.69 Å². The van der Waals surface area contributed by atoms with Crippen LogP contribution in [0.25, 0.3) is 10.6 Å². The Morgan fingerprint density at radius 2 is 1.82 bits per heavy atom. The molecular formula is C22H31N3O2S. The fourth-order valence-corrected chi connectivity index (χ4v) is 4.49. The van der Waals surface area contributed by atoms with Gasteiger partial charge in [0.2, 0.25) is 11.0 Å². The molecule has 5 nitrogen and oxygen atoms in total. The minimum atomic E-state index is 0.101. The number of benzene rings is 1. The molecule has 3 rings (SSSR count). The van der Waals surface area contributed by atoms with Crippen LogP contribution in [0, 0.1) is 5.92 Å². The van der Waals surface area contributed by atoms with Crippen LogP contribution in [0.5, 0.6) is 0 Å². The second-order valence-corrected chi connectivity index (χ2v) is 9.49. The van der Waals surface area contributed by atoms with Crippen molar-refractivity contribution in [3.05, 3.63) is 29.8 Å². The zero-order valence-electron chi connectivity index (χ0n) is 17.4. The Morgan fingerprint density at radius 3 is 2.43 bits per heavy atom. The highest BCUT2D eigenvalue weighted by Crippen LogP contribution is 2.33. The van der Waals surface area contributed by atoms with Crippen LogP contribution in [0.2, 0.25) is 0 Å². The van der Waals surface area contributed by atoms with E-state index in [0.29, 0.717) is 18.3 Å². The summed E-state index contributed by atoms with van der Waals surface area (Å²) in [5.41, 5.74) is 2.44. The summed E-state index contributed by atoms with van der Waals surface area (Å²) in [7, 11) is 1.66. The lowest BCUT2D eigenvalue weighted by Gasteiger charge is -2.27. The molecule has 0 saturated heterocycles. The Hall–Kier alpha value is -1.79. The molecule has 0 bridgehead atoms. The van der Waals surface area contributed by atoms with Crippen molar-refractivity contribution in [2.75, 3.05) is 25.2 Å². The van der Waals surface area contributed by atoms with Gasteiger partial charge in [-0.05, 0) is 23.8 Å². The summed E-state index contributed by atoms with van der Waals surface area (Å²) in [4.78, 5) is 14.9. The Bertz CT molecular complexity index is 774. The number of methoxy groups -OCH3 is 1. The molecule has 28 heavy (non-hydrogen) atoms. The molecule has 1 heterocycles. The van der Waals surface area contributed by atoms with E-state index in [4.69, 9.17) is 4.74 Å². The number of aromatic nitrogens is 2. The number of carbonyl (C=O) groups is 1. The van der Waals surface area contributed by atoms with Crippen molar-refractivity contribution in [3.63, 3.8) is 0 Å². The lowest BCUT2D eigenvalue weighted by atomic mass is 9.87. The van der Waals surface area contributed by atoms with Gasteiger partial charge < -0.3 is 4.74 Å². The zero-order valence-corrected chi connectivity index (χ0v) is 18.2. The van der Waals surface area contributed by atoms with Crippen molar-refractivity contribution in [2.45, 2.75) is 58.3 Å². The van der Waals surface area contributed by atoms with Crippen LogP contribution in [-0.4, -0.2) is 36.4 Å². The van der Waals surface area contributed by atoms with Gasteiger partial charge in [0.25, 0.3) is 0 Å². The summed E-state index contributed by atoms with van der Waals surface area (Å²) < 4.78 is 5.23. The minimum absolute atomic E-state index is 0.101. The second kappa shape index (κ2) is 9.14. The predicted octanol–water partition coefficient (Wildman–Crippen LogP) is 5.06. The highest BCUT2D eigenvalue weighted by molar-refractivity contribution is 7.18. The summed E-state index contributed by atoms with van der Waals surface area (Å²) >= 11 is 1.48. The molecule has 1 aromatic carbocycles. The van der Waals surface area contributed by atoms with Crippen LogP contribution >= 0.6 is 11.3 Å². The second-order valence-electron chi connectivity index (χ2n) is 8.53. The van der Waals surface area contributed by atoms with Crippen LogP contribution in [-0.2, 0) is 14.9 Å². The summed E-state index contributed by atoms with van der Waals surface area (Å²) in [6.45, 7) is 7.62. The molecule has 0 N–H and O–H groups in total. The number of nitrogens with zero attached hydrogens (tertiary/aromatic N) is 3. The molecule has 1 saturated carbocycles. The minimum Gasteiger partial charge on any atom is -0.383 e. The van der Waals surface area contributed by atoms with Crippen LogP contribution in [0.3, 0.4) is 0 Å². The quantitative estimate of drug-likeness (QED) is 0.679. The van der Waals surface area contributed by atoms with Crippen LogP contribution in [0.4, 0.5) is 5.13 Å². The molecule has 6 heteroatoms. The molecule has 2 aromatic rings. The van der Waals surface area contributed by atoms with Gasteiger partial charge in [0.15, 0.2) is 0 Å². The van der Waals surface area contributed by atoms with Gasteiger partial charge in [0, 0.05) is 18.6 Å². The Kier molecular flexibility index (Phi) is 6.83. The molecule has 0 aliphatic heterocycles. The smallest absolute Gasteiger partial charge is 0.232 e. The Balaban J connectivity index is 1.80. The van der Waals surface area contributed by atoms with Gasteiger partial charge in [0.1, 0.15) is 5.01 Å². The third-order valence-corrected chi connectivity index (χ3v) is 6.38. The van der Waals surface area contributed by atoms with E-state index in [1.165, 1.54) is 23.3 Å². The van der Waals surface area contributed by atoms with Crippen molar-refractivity contribution < 1.29 is 9.53 Å². The van der Waals surface area contributed by atoms with Gasteiger partial charge in [-0.25, -0.2) is 0 Å². The molecule has 152 valence electrons. The number of ether oxygens (including phenoxy) is 1. The van der Waals surface area contributed by atoms with Gasteiger partial charge >= 0.3 is 0 Å². The number of hydrogen-bond donors (Lipinski definition) is 0. The van der Waals surface area contributed by atoms with E-state index in [0.717, 1.165) is 36.3 Å². The summed E-state index contributed by atoms with van der Waals surface area (Å²) in [5, 5.41) is 10.2. The van der Waals surface area contributed by atoms with E-state index in [1.807, 2.05) is 0 Å². The molecular weight excluding hydrogens is 370 g/mol. The summed E-state index contributed by atoms with van der Waals surface area (Å²) in [6.07, 6.45) is 5.45. The van der Waals surface area contributed by atoms with Crippen LogP contribution < -0.4 is 4.90 Å². The lowest BCUT2D eigenvalue weighted by molar-refractivity contribution is -0.123. The Morgan fingerprint density at radius 1 is 1.14 bits per heavy atom. The largest absolute Gasteiger partial charge is 0.383 e. The first kappa shape index (κ1) is 20.9. The highest BCUT2D eigenvalue weighted by atomic mass is 32.1. The molecule has 1 amide bonds. The number of anilines is 1. The van der Waals surface area contributed by atoms with E-state index in [9.17, 15) is 4.79 Å². The molecule has 0 atom stereocenters. The average molecular weight is 402 g/mol. The number of hydrogen-bond acceptors (Lipinski definition) is 5. The molecule has 1 aliphatic carbocycles. The van der Waals surface area contributed by atoms with E-state index < -0.39 is 0 Å². The van der Waals surface area contributed by atoms with Crippen molar-refractivity contribution in [1.29, 1.82) is 0 Å². The van der Waals surface area contributed by atoms with Gasteiger partial charge in [-0.2, -0.15) is 0 Å². The number of carbonyl (C=O) groups excluding carboxylic acids is 1. The third kappa shape index (κ3) is 4.97. The maximum atomic E-state index is 13.1. The molecule has 1 aliphatic rings. The standard InChI is InChI=1S/C22H31N3O2S/c1-22(2,3)18-12-10-16(11-13-18)19-23-24-21(28-19)25(14-15-27-4)20(26)17-8-6-5-7-9-17/h10-13,17H,5-9,14-15H2,1-4H3. The molecule has 1 fully saturated rings. The number of rotatable bonds is 6. The van der Waals surface area contributed by atoms with Crippen molar-refractivity contribution in [2.24, 2.45) is 5.92 Å². The monoisotopic (exact) mass is 401 g/mol. The number of amides is 1. The fraction of sp³-hybridized carbons (Fsp3) is 0.591. The molecule has 0 unspecified atom stereocenters. The van der Waals surface area contributed by atoms with Crippen LogP contribution in [0.15, 0.2) is 24.3 Å². The first-order valence-corrected chi connectivity index (χ1v) is 11.0. The van der Waals surface area contributed by atoms with Gasteiger partial charge in [-0.15, -0.1) is 10.2 Å². The van der Waals surface area contributed by atoms with Gasteiger partial charge in [-0.1, -0.05) is 75.6 Å². The van der Waals surface area contributed by atoms with Crippen LogP contribution in [0.1, 0.15) is 58.4 Å². The predicted molar refractivity (Wildman–Crippen MR) is 115 cm³/mol. The van der Waals surface area contributed by atoms with E-state index >= 15 is 0 Å². The molecule has 0 radical (unpaired) electrons. The SMILES string of the molecule is COCCN(C(=O)C1CCCCC1)c1nnc(-c2ccc(C(C)(C)C)cc2)s1. The topological polar surface area (TPSA) is 55.3 Å². The first-order chi connectivity index (χ1) is 13.4. The van der Waals surface area contributed by atoms with E-state index in [2.05, 4.69) is 55.2 Å². The average Bonchev–Trinajstić information content (AvgIpc) is 3.18. The third-order valence-electron chi connectivity index (χ3n) is 5.38. The maximum Gasteiger partial charge on any atom is 0.232 e. The Labute approximate surface area is 172 Å². The fourth-order valence-electron chi connectivity index (χ4n) is 3.61. The normalized spacial score (nSPS) is 15.6. The lowest BCUT2D eigenvalue weighted by Crippen LogP contribution is -2.39. The summed E-state index contributed by atoms with van der Waals surface area (Å²) in [6, 6.07) is 8.47. The van der Waals surface area contributed by atoms with E-state index in [1.54, 1.807) is 12.0 Å².